The number of phenols is 1. The van der Waals surface area contributed by atoms with E-state index in [2.05, 4.69) is 63.1 Å². The molecule has 15 atom stereocenters. The fourth-order valence-corrected chi connectivity index (χ4v) is 16.8. The number of nitrogens with zero attached hydrogens (tertiary/aromatic N) is 5. The zero-order valence-corrected chi connectivity index (χ0v) is 74.8. The number of aliphatic carboxylic acids is 1. The number of aromatic nitrogens is 2. The van der Waals surface area contributed by atoms with E-state index in [0.29, 0.717) is 64.2 Å². The number of hydrogen-bond acceptors (Lipinski definition) is 23. The van der Waals surface area contributed by atoms with Crippen LogP contribution < -0.4 is 64.6 Å². The molecule has 3 aliphatic rings. The first-order valence-corrected chi connectivity index (χ1v) is 44.5. The fraction of sp³-hybridized carbons (Fsp3) is 0.540. The van der Waals surface area contributed by atoms with E-state index in [1.165, 1.54) is 52.3 Å². The second kappa shape index (κ2) is 48.6. The number of fused-ring (bicyclic) bond motifs is 4. The molecule has 43 heteroatoms. The molecule has 5 aromatic rings. The molecular weight excluding hydrogens is 1710 g/mol. The lowest BCUT2D eigenvalue weighted by Crippen LogP contribution is -2.62. The molecule has 0 bridgehead atoms. The summed E-state index contributed by atoms with van der Waals surface area (Å²) < 4.78 is 0. The maximum absolute atomic E-state index is 15.7. The number of aromatic amines is 2. The molecule has 0 saturated carbocycles. The van der Waals surface area contributed by atoms with E-state index >= 15 is 33.6 Å². The van der Waals surface area contributed by atoms with Crippen molar-refractivity contribution in [3.05, 3.63) is 102 Å². The second-order valence-electron chi connectivity index (χ2n) is 33.3. The number of unbranched alkanes of at least 4 members (excludes halogenated alkanes) is 2. The molecule has 3 fully saturated rings. The Balaban J connectivity index is 1.18. The number of aliphatic hydroxyl groups is 3. The molecule has 708 valence electrons. The molecule has 21 N–H and O–H groups in total. The molecule has 3 aromatic carbocycles. The molecule has 3 saturated heterocycles. The van der Waals surface area contributed by atoms with Crippen LogP contribution in [0.2, 0.25) is 0 Å². The van der Waals surface area contributed by atoms with Gasteiger partial charge in [-0.05, 0) is 92.3 Å². The van der Waals surface area contributed by atoms with Gasteiger partial charge in [0.1, 0.15) is 96.9 Å². The minimum atomic E-state index is -1.95. The van der Waals surface area contributed by atoms with Gasteiger partial charge in [-0.1, -0.05) is 102 Å². The Hall–Kier alpha value is -12.8. The first kappa shape index (κ1) is 103. The lowest BCUT2D eigenvalue weighted by Gasteiger charge is -2.36. The lowest BCUT2D eigenvalue weighted by atomic mass is 9.99. The predicted molar refractivity (Wildman–Crippen MR) is 472 cm³/mol. The summed E-state index contributed by atoms with van der Waals surface area (Å²) >= 11 is 0.746. The number of carbonyl (C=O) groups is 18. The van der Waals surface area contributed by atoms with Crippen molar-refractivity contribution < 1.29 is 112 Å². The van der Waals surface area contributed by atoms with E-state index in [0.717, 1.165) is 36.3 Å². The number of carboxylic acids is 1. The maximum atomic E-state index is 15.7. The normalized spacial score (nSPS) is 25.3. The number of likely N-dealkylation sites (N-methyl/N-ethyl adjacent to an activating group) is 3. The lowest BCUT2D eigenvalue weighted by molar-refractivity contribution is -0.149. The minimum absolute atomic E-state index is 0.00276. The van der Waals surface area contributed by atoms with Crippen molar-refractivity contribution in [3.63, 3.8) is 0 Å². The molecule has 0 unspecified atom stereocenters. The van der Waals surface area contributed by atoms with Crippen LogP contribution in [0.15, 0.2) is 85.2 Å². The number of benzene rings is 3. The number of para-hydroxylation sites is 2. The van der Waals surface area contributed by atoms with E-state index in [9.17, 15) is 78.3 Å². The van der Waals surface area contributed by atoms with Gasteiger partial charge in [-0.3, -0.25) is 86.3 Å². The number of H-pyrrole nitrogens is 2. The summed E-state index contributed by atoms with van der Waals surface area (Å²) in [6, 6.07) is -3.51. The number of nitrogens with one attached hydrogen (secondary N) is 12. The van der Waals surface area contributed by atoms with Crippen molar-refractivity contribution in [1.82, 2.24) is 87.6 Å². The Morgan fingerprint density at radius 3 is 1.61 bits per heavy atom. The third kappa shape index (κ3) is 28.1. The first-order chi connectivity index (χ1) is 61.8. The van der Waals surface area contributed by atoms with Crippen LogP contribution in [0.1, 0.15) is 135 Å². The first-order valence-electron chi connectivity index (χ1n) is 43.3. The molecule has 5 heterocycles. The number of phenolic OH excluding ortho intramolecular Hbond substituents is 1. The van der Waals surface area contributed by atoms with Crippen molar-refractivity contribution >= 4 is 140 Å². The number of thioether (sulfide) groups is 1. The molecule has 130 heavy (non-hydrogen) atoms. The number of nitrogens with two attached hydrogens (primary N) is 2. The van der Waals surface area contributed by atoms with Gasteiger partial charge in [0.15, 0.2) is 0 Å². The topological polar surface area (TPSA) is 629 Å². The number of carbonyl (C=O) groups excluding carboxylic acids is 17. The summed E-state index contributed by atoms with van der Waals surface area (Å²) in [6.07, 6.45) is -0.189. The zero-order valence-electron chi connectivity index (χ0n) is 74.0. The van der Waals surface area contributed by atoms with Crippen molar-refractivity contribution in [2.24, 2.45) is 17.4 Å². The SMILES string of the molecule is CCCC[C@H]1C(=O)N(C)[C@@H](CCCC)C(=O)N[C@@H](CC(C)C)C(=O)N[C@H](C(=O)NCC(=O)O)CSCC(=O)N[C@@H](Cc2ccc(O)cc2)C(=O)N(C)[C@@H](C)C(=O)N[C@@H](CC(N)=O)C(=O)N2CCC[C@H]2C(=O)N[C@@H](CO)C(=O)N[C@@H](CCC(N)=O)C(=O)N2C[C@H](O)C[C@H]2C(=O)N[C@@H](Cc2c[nH]c3ccccc23)C(=O)N[C@@H](CO)C(=O)N[C@@H](Cc2c[nH]c3ccccc23)C(=O)N1C. The molecule has 0 spiro atoms. The number of carboxylic acid groups (broad SMARTS) is 1. The van der Waals surface area contributed by atoms with E-state index in [-0.39, 0.29) is 69.6 Å². The summed E-state index contributed by atoms with van der Waals surface area (Å²) in [6.45, 7) is 4.36. The third-order valence-corrected chi connectivity index (χ3v) is 24.2. The van der Waals surface area contributed by atoms with Gasteiger partial charge >= 0.3 is 5.97 Å². The molecule has 3 aliphatic heterocycles. The van der Waals surface area contributed by atoms with Gasteiger partial charge in [0, 0.05) is 106 Å². The Bertz CT molecular complexity index is 4910. The van der Waals surface area contributed by atoms with Crippen LogP contribution in [0.4, 0.5) is 0 Å². The number of primary amides is 2. The number of aliphatic hydroxyl groups excluding tert-OH is 3. The molecular formula is C87H121N19O23S. The number of amides is 17. The summed E-state index contributed by atoms with van der Waals surface area (Å²) in [7, 11) is 3.87. The monoisotopic (exact) mass is 1830 g/mol. The minimum Gasteiger partial charge on any atom is -0.508 e. The van der Waals surface area contributed by atoms with E-state index in [1.807, 2.05) is 13.8 Å². The highest BCUT2D eigenvalue weighted by molar-refractivity contribution is 8.00. The standard InChI is InChI=1S/C87H121N19O23S/c1-9-11-22-66-80(122)95-58(32-46(3)4)76(118)101-65(75(117)92-40-73(114)115)44-130-45-72(113)93-60(33-48-25-27-51(109)28-26-48)83(125)102(6)47(5)74(116)97-62(37-71(89)112)86(128)105-31-17-24-67(105)81(123)100-64(43-108)78(120)94-57(29-30-70(88)111)85(127)106-41-52(110)36-69(106)82(124)96-59(34-49-38-90-55-20-15-13-18-53(49)55)77(119)99-63(42-107)79(121)98-61(35-50-39-91-56-21-16-14-19-54(50)56)84(126)104(8)68(23-12-10-2)87(129)103(66)7/h13-16,18-21,25-28,38-39,46-47,52,57-69,90-91,107-110H,9-12,17,22-24,29-37,40-45H2,1-8H3,(H2,88,111)(H2,89,112)(H,92,117)(H,93,113)(H,94,120)(H,95,122)(H,96,124)(H,97,116)(H,98,121)(H,99,119)(H,100,123)(H,101,118)(H,114,115)/t47-,52+,57-,58-,59-,60-,61-,62-,63-,64-,65-,66-,67-,68-,69-/m0/s1. The number of rotatable bonds is 24. The van der Waals surface area contributed by atoms with Crippen molar-refractivity contribution in [2.45, 2.75) is 228 Å². The smallest absolute Gasteiger partial charge is 0.322 e. The average molecular weight is 1830 g/mol. The molecule has 8 rings (SSSR count). The molecule has 0 aliphatic carbocycles. The molecule has 0 radical (unpaired) electrons. The summed E-state index contributed by atoms with van der Waals surface area (Å²) in [5.74, 6) is -20.2. The van der Waals surface area contributed by atoms with Gasteiger partial charge in [-0.25, -0.2) is 0 Å². The fourth-order valence-electron chi connectivity index (χ4n) is 15.9. The van der Waals surface area contributed by atoms with Crippen LogP contribution in [-0.4, -0.2) is 323 Å². The Morgan fingerprint density at radius 1 is 0.531 bits per heavy atom. The van der Waals surface area contributed by atoms with Gasteiger partial charge < -0.3 is 125 Å². The van der Waals surface area contributed by atoms with Crippen LogP contribution in [-0.2, 0) is 106 Å². The Kier molecular flexibility index (Phi) is 38.4. The molecule has 2 aromatic heterocycles. The highest BCUT2D eigenvalue weighted by Gasteiger charge is 2.47. The highest BCUT2D eigenvalue weighted by Crippen LogP contribution is 2.28. The maximum Gasteiger partial charge on any atom is 0.322 e. The largest absolute Gasteiger partial charge is 0.508 e. The number of aromatic hydroxyl groups is 1. The van der Waals surface area contributed by atoms with Gasteiger partial charge in [0.25, 0.3) is 0 Å². The van der Waals surface area contributed by atoms with Crippen LogP contribution in [0.5, 0.6) is 5.75 Å². The van der Waals surface area contributed by atoms with Gasteiger partial charge in [-0.15, -0.1) is 11.8 Å². The van der Waals surface area contributed by atoms with E-state index in [1.54, 1.807) is 74.8 Å². The van der Waals surface area contributed by atoms with Gasteiger partial charge in [-0.2, -0.15) is 0 Å². The molecule has 42 nitrogen and oxygen atoms in total. The number of hydrogen-bond donors (Lipinski definition) is 19. The summed E-state index contributed by atoms with van der Waals surface area (Å²) in [4.78, 5) is 271. The van der Waals surface area contributed by atoms with Gasteiger partial charge in [0.05, 0.1) is 31.5 Å². The second-order valence-corrected chi connectivity index (χ2v) is 34.4. The van der Waals surface area contributed by atoms with E-state index < -0.39 is 261 Å². The van der Waals surface area contributed by atoms with E-state index in [4.69, 9.17) is 11.5 Å². The van der Waals surface area contributed by atoms with Crippen LogP contribution in [0, 0.1) is 5.92 Å². The van der Waals surface area contributed by atoms with Crippen LogP contribution >= 0.6 is 11.8 Å². The quantitative estimate of drug-likeness (QED) is 0.0288. The highest BCUT2D eigenvalue weighted by atomic mass is 32.2. The molecule has 17 amide bonds. The Labute approximate surface area is 754 Å². The van der Waals surface area contributed by atoms with Crippen LogP contribution in [0.3, 0.4) is 0 Å². The Morgan fingerprint density at radius 2 is 1.03 bits per heavy atom. The summed E-state index contributed by atoms with van der Waals surface area (Å²) in [5.41, 5.74) is 13.7. The van der Waals surface area contributed by atoms with Crippen molar-refractivity contribution in [1.29, 1.82) is 0 Å². The predicted octanol–water partition coefficient (Wildman–Crippen LogP) is -3.30. The van der Waals surface area contributed by atoms with Crippen molar-refractivity contribution in [3.8, 4) is 5.75 Å². The third-order valence-electron chi connectivity index (χ3n) is 23.2. The average Bonchev–Trinajstić information content (AvgIpc) is 1.56. The zero-order chi connectivity index (χ0) is 95.5. The van der Waals surface area contributed by atoms with Gasteiger partial charge in [0.2, 0.25) is 100 Å². The summed E-state index contributed by atoms with van der Waals surface area (Å²) in [5, 5.41) is 79.5. The van der Waals surface area contributed by atoms with Crippen LogP contribution in [0.25, 0.3) is 21.8 Å². The van der Waals surface area contributed by atoms with Crippen molar-refractivity contribution in [2.75, 3.05) is 65.5 Å².